The lowest BCUT2D eigenvalue weighted by Gasteiger charge is -2.08. The van der Waals surface area contributed by atoms with Gasteiger partial charge in [-0.05, 0) is 41.3 Å². The lowest BCUT2D eigenvalue weighted by Crippen LogP contribution is -2.05. The first-order valence-electron chi connectivity index (χ1n) is 6.40. The maximum absolute atomic E-state index is 6.21. The van der Waals surface area contributed by atoms with Gasteiger partial charge in [0.15, 0.2) is 5.82 Å². The standard InChI is InChI=1S/C13H18ClN5/c1-9(2)5-4-8-19-13(16-17-18-19)10-6-3-7-11(15)12(10)14/h3,6-7,9H,4-5,8,15H2,1-2H3. The number of aryl methyl sites for hydroxylation is 1. The molecule has 0 aliphatic carbocycles. The number of nitrogen functional groups attached to an aromatic ring is 1. The van der Waals surface area contributed by atoms with Gasteiger partial charge in [-0.2, -0.15) is 0 Å². The third-order valence-corrected chi connectivity index (χ3v) is 3.37. The van der Waals surface area contributed by atoms with Crippen LogP contribution in [0.5, 0.6) is 0 Å². The Bertz CT molecular complexity index is 550. The molecule has 0 bridgehead atoms. The number of halogens is 1. The van der Waals surface area contributed by atoms with Gasteiger partial charge in [-0.25, -0.2) is 4.68 Å². The van der Waals surface area contributed by atoms with Gasteiger partial charge >= 0.3 is 0 Å². The van der Waals surface area contributed by atoms with Crippen LogP contribution in [0.2, 0.25) is 5.02 Å². The van der Waals surface area contributed by atoms with Crippen molar-refractivity contribution < 1.29 is 0 Å². The van der Waals surface area contributed by atoms with Gasteiger partial charge in [0.1, 0.15) is 0 Å². The molecule has 5 nitrogen and oxygen atoms in total. The number of benzene rings is 1. The van der Waals surface area contributed by atoms with Crippen LogP contribution in [0.4, 0.5) is 5.69 Å². The highest BCUT2D eigenvalue weighted by atomic mass is 35.5. The van der Waals surface area contributed by atoms with Crippen LogP contribution in [0.1, 0.15) is 26.7 Å². The molecule has 0 amide bonds. The minimum Gasteiger partial charge on any atom is -0.398 e. The molecule has 0 aliphatic heterocycles. The summed E-state index contributed by atoms with van der Waals surface area (Å²) in [5, 5.41) is 12.3. The Hall–Kier alpha value is -1.62. The lowest BCUT2D eigenvalue weighted by atomic mass is 10.1. The summed E-state index contributed by atoms with van der Waals surface area (Å²) in [6.45, 7) is 5.19. The van der Waals surface area contributed by atoms with Gasteiger partial charge in [0.05, 0.1) is 10.7 Å². The van der Waals surface area contributed by atoms with E-state index in [0.717, 1.165) is 24.9 Å². The molecule has 0 saturated carbocycles. The first-order chi connectivity index (χ1) is 9.09. The summed E-state index contributed by atoms with van der Waals surface area (Å²) < 4.78 is 1.78. The predicted octanol–water partition coefficient (Wildman–Crippen LogP) is 3.01. The zero-order valence-corrected chi connectivity index (χ0v) is 11.9. The number of nitrogens with two attached hydrogens (primary N) is 1. The molecule has 0 aliphatic rings. The Morgan fingerprint density at radius 1 is 1.37 bits per heavy atom. The molecule has 0 atom stereocenters. The Morgan fingerprint density at radius 2 is 2.16 bits per heavy atom. The quantitative estimate of drug-likeness (QED) is 0.854. The predicted molar refractivity (Wildman–Crippen MR) is 76.7 cm³/mol. The fraction of sp³-hybridized carbons (Fsp3) is 0.462. The van der Waals surface area contributed by atoms with E-state index in [0.29, 0.717) is 22.5 Å². The lowest BCUT2D eigenvalue weighted by molar-refractivity contribution is 0.485. The Labute approximate surface area is 117 Å². The second-order valence-electron chi connectivity index (χ2n) is 4.97. The van der Waals surface area contributed by atoms with Gasteiger partial charge in [-0.15, -0.1) is 5.10 Å². The topological polar surface area (TPSA) is 69.6 Å². The van der Waals surface area contributed by atoms with E-state index in [4.69, 9.17) is 17.3 Å². The Morgan fingerprint density at radius 3 is 2.89 bits per heavy atom. The van der Waals surface area contributed by atoms with E-state index in [1.54, 1.807) is 10.7 Å². The van der Waals surface area contributed by atoms with Crippen LogP contribution in [-0.2, 0) is 6.54 Å². The minimum absolute atomic E-state index is 0.502. The van der Waals surface area contributed by atoms with Gasteiger partial charge in [-0.3, -0.25) is 0 Å². The normalized spacial score (nSPS) is 11.2. The fourth-order valence-corrected chi connectivity index (χ4v) is 2.13. The second-order valence-corrected chi connectivity index (χ2v) is 5.35. The van der Waals surface area contributed by atoms with Crippen molar-refractivity contribution in [3.63, 3.8) is 0 Å². The monoisotopic (exact) mass is 279 g/mol. The molecule has 1 aromatic carbocycles. The maximum Gasteiger partial charge on any atom is 0.183 e. The first-order valence-corrected chi connectivity index (χ1v) is 6.78. The zero-order valence-electron chi connectivity index (χ0n) is 11.2. The van der Waals surface area contributed by atoms with Crippen molar-refractivity contribution in [3.8, 4) is 11.4 Å². The fourth-order valence-electron chi connectivity index (χ4n) is 1.92. The highest BCUT2D eigenvalue weighted by Gasteiger charge is 2.13. The molecule has 19 heavy (non-hydrogen) atoms. The van der Waals surface area contributed by atoms with Crippen molar-refractivity contribution in [2.45, 2.75) is 33.2 Å². The highest BCUT2D eigenvalue weighted by molar-refractivity contribution is 6.35. The summed E-state index contributed by atoms with van der Waals surface area (Å²) in [5.41, 5.74) is 7.12. The molecular formula is C13H18ClN5. The molecule has 0 fully saturated rings. The summed E-state index contributed by atoms with van der Waals surface area (Å²) in [7, 11) is 0. The van der Waals surface area contributed by atoms with Crippen LogP contribution in [0.15, 0.2) is 18.2 Å². The molecule has 0 saturated heterocycles. The summed E-state index contributed by atoms with van der Waals surface area (Å²) in [4.78, 5) is 0. The molecular weight excluding hydrogens is 262 g/mol. The van der Waals surface area contributed by atoms with Crippen LogP contribution in [0.25, 0.3) is 11.4 Å². The minimum atomic E-state index is 0.502. The number of anilines is 1. The van der Waals surface area contributed by atoms with Gasteiger partial charge in [-0.1, -0.05) is 31.5 Å². The van der Waals surface area contributed by atoms with E-state index in [9.17, 15) is 0 Å². The molecule has 1 aromatic heterocycles. The van der Waals surface area contributed by atoms with E-state index in [1.807, 2.05) is 12.1 Å². The summed E-state index contributed by atoms with van der Waals surface area (Å²) in [6, 6.07) is 5.49. The molecule has 102 valence electrons. The van der Waals surface area contributed by atoms with E-state index in [-0.39, 0.29) is 0 Å². The van der Waals surface area contributed by atoms with Crippen molar-refractivity contribution >= 4 is 17.3 Å². The van der Waals surface area contributed by atoms with Gasteiger partial charge in [0.25, 0.3) is 0 Å². The molecule has 6 heteroatoms. The molecule has 0 spiro atoms. The Kier molecular flexibility index (Phi) is 4.37. The number of tetrazole rings is 1. The van der Waals surface area contributed by atoms with Gasteiger partial charge in [0.2, 0.25) is 0 Å². The highest BCUT2D eigenvalue weighted by Crippen LogP contribution is 2.30. The Balaban J connectivity index is 2.21. The maximum atomic E-state index is 6.21. The van der Waals surface area contributed by atoms with Crippen LogP contribution >= 0.6 is 11.6 Å². The summed E-state index contributed by atoms with van der Waals surface area (Å²) >= 11 is 6.21. The summed E-state index contributed by atoms with van der Waals surface area (Å²) in [6.07, 6.45) is 2.18. The third-order valence-electron chi connectivity index (χ3n) is 2.95. The number of hydrogen-bond donors (Lipinski definition) is 1. The molecule has 2 aromatic rings. The number of nitrogens with zero attached hydrogens (tertiary/aromatic N) is 4. The average Bonchev–Trinajstić information content (AvgIpc) is 2.80. The molecule has 2 N–H and O–H groups in total. The number of hydrogen-bond acceptors (Lipinski definition) is 4. The molecule has 0 radical (unpaired) electrons. The van der Waals surface area contributed by atoms with Crippen molar-refractivity contribution in [2.24, 2.45) is 5.92 Å². The smallest absolute Gasteiger partial charge is 0.183 e. The van der Waals surface area contributed by atoms with Crippen LogP contribution < -0.4 is 5.73 Å². The third kappa shape index (κ3) is 3.23. The molecule has 0 unspecified atom stereocenters. The number of aromatic nitrogens is 4. The van der Waals surface area contributed by atoms with Crippen molar-refractivity contribution in [1.29, 1.82) is 0 Å². The van der Waals surface area contributed by atoms with Gasteiger partial charge < -0.3 is 5.73 Å². The number of rotatable bonds is 5. The largest absolute Gasteiger partial charge is 0.398 e. The average molecular weight is 280 g/mol. The second kappa shape index (κ2) is 6.02. The summed E-state index contributed by atoms with van der Waals surface area (Å²) in [5.74, 6) is 1.34. The van der Waals surface area contributed by atoms with Crippen molar-refractivity contribution in [3.05, 3.63) is 23.2 Å². The van der Waals surface area contributed by atoms with Crippen LogP contribution in [0.3, 0.4) is 0 Å². The van der Waals surface area contributed by atoms with Gasteiger partial charge in [0, 0.05) is 12.1 Å². The van der Waals surface area contributed by atoms with Crippen molar-refractivity contribution in [1.82, 2.24) is 20.2 Å². The first kappa shape index (κ1) is 13.8. The zero-order chi connectivity index (χ0) is 13.8. The van der Waals surface area contributed by atoms with Crippen LogP contribution in [0, 0.1) is 5.92 Å². The SMILES string of the molecule is CC(C)CCCn1nnnc1-c1cccc(N)c1Cl. The van der Waals surface area contributed by atoms with Crippen LogP contribution in [-0.4, -0.2) is 20.2 Å². The molecule has 1 heterocycles. The van der Waals surface area contributed by atoms with E-state index in [2.05, 4.69) is 29.4 Å². The van der Waals surface area contributed by atoms with E-state index in [1.165, 1.54) is 0 Å². The van der Waals surface area contributed by atoms with E-state index >= 15 is 0 Å². The van der Waals surface area contributed by atoms with E-state index < -0.39 is 0 Å². The molecule has 2 rings (SSSR count). The van der Waals surface area contributed by atoms with Crippen molar-refractivity contribution in [2.75, 3.05) is 5.73 Å².